The van der Waals surface area contributed by atoms with Crippen molar-refractivity contribution >= 4 is 5.84 Å². The molecule has 0 radical (unpaired) electrons. The summed E-state index contributed by atoms with van der Waals surface area (Å²) in [6.07, 6.45) is 9.91. The number of hydrogen-bond donors (Lipinski definition) is 2. The Labute approximate surface area is 88.6 Å². The van der Waals surface area contributed by atoms with Crippen LogP contribution in [-0.2, 0) is 0 Å². The first-order valence-electron chi connectivity index (χ1n) is 5.32. The Morgan fingerprint density at radius 1 is 1.47 bits per heavy atom. The maximum absolute atomic E-state index is 8.52. The van der Waals surface area contributed by atoms with Crippen molar-refractivity contribution in [1.82, 2.24) is 9.55 Å². The van der Waals surface area contributed by atoms with Crippen LogP contribution in [-0.4, -0.2) is 20.6 Å². The van der Waals surface area contributed by atoms with Crippen LogP contribution >= 0.6 is 0 Å². The first-order valence-corrected chi connectivity index (χ1v) is 5.32. The molecule has 3 N–H and O–H groups in total. The number of rotatable bonds is 2. The molecule has 1 aliphatic carbocycles. The summed E-state index contributed by atoms with van der Waals surface area (Å²) in [5.74, 6) is 0.0737. The van der Waals surface area contributed by atoms with Crippen LogP contribution < -0.4 is 5.73 Å². The van der Waals surface area contributed by atoms with Crippen molar-refractivity contribution in [3.05, 3.63) is 18.2 Å². The highest BCUT2D eigenvalue weighted by molar-refractivity contribution is 5.94. The van der Waals surface area contributed by atoms with Crippen molar-refractivity contribution in [3.63, 3.8) is 0 Å². The van der Waals surface area contributed by atoms with Gasteiger partial charge in [0.2, 0.25) is 0 Å². The molecule has 2 rings (SSSR count). The molecule has 0 spiro atoms. The van der Waals surface area contributed by atoms with Crippen molar-refractivity contribution in [3.8, 4) is 0 Å². The van der Waals surface area contributed by atoms with E-state index in [9.17, 15) is 0 Å². The summed E-state index contributed by atoms with van der Waals surface area (Å²) in [7, 11) is 0. The van der Waals surface area contributed by atoms with E-state index < -0.39 is 0 Å². The monoisotopic (exact) mass is 208 g/mol. The summed E-state index contributed by atoms with van der Waals surface area (Å²) in [5.41, 5.74) is 6.01. The summed E-state index contributed by atoms with van der Waals surface area (Å²) >= 11 is 0. The molecule has 5 heteroatoms. The molecule has 1 aliphatic rings. The van der Waals surface area contributed by atoms with E-state index in [1.807, 2.05) is 6.20 Å². The summed E-state index contributed by atoms with van der Waals surface area (Å²) in [5, 5.41) is 11.5. The van der Waals surface area contributed by atoms with E-state index in [0.29, 0.717) is 11.7 Å². The van der Waals surface area contributed by atoms with Crippen molar-refractivity contribution in [2.45, 2.75) is 38.1 Å². The number of amidine groups is 1. The second kappa shape index (κ2) is 4.33. The third kappa shape index (κ3) is 2.11. The van der Waals surface area contributed by atoms with Crippen LogP contribution in [0.25, 0.3) is 0 Å². The normalized spacial score (nSPS) is 19.3. The van der Waals surface area contributed by atoms with Gasteiger partial charge in [-0.05, 0) is 12.8 Å². The molecule has 0 aliphatic heterocycles. The van der Waals surface area contributed by atoms with Gasteiger partial charge in [0.15, 0.2) is 5.84 Å². The lowest BCUT2D eigenvalue weighted by atomic mass is 9.95. The first-order chi connectivity index (χ1) is 7.31. The number of aromatic nitrogens is 2. The molecule has 0 saturated heterocycles. The third-order valence-electron chi connectivity index (χ3n) is 2.97. The molecule has 0 bridgehead atoms. The summed E-state index contributed by atoms with van der Waals surface area (Å²) in [4.78, 5) is 4.11. The van der Waals surface area contributed by atoms with Gasteiger partial charge in [-0.1, -0.05) is 24.4 Å². The van der Waals surface area contributed by atoms with Gasteiger partial charge in [0.05, 0.1) is 6.33 Å². The molecule has 1 heterocycles. The van der Waals surface area contributed by atoms with Crippen LogP contribution in [0.4, 0.5) is 0 Å². The van der Waals surface area contributed by atoms with Crippen molar-refractivity contribution < 1.29 is 5.21 Å². The molecule has 1 fully saturated rings. The minimum absolute atomic E-state index is 0.0737. The molecule has 1 saturated carbocycles. The van der Waals surface area contributed by atoms with Crippen molar-refractivity contribution in [2.24, 2.45) is 10.9 Å². The molecule has 0 atom stereocenters. The molecule has 5 nitrogen and oxygen atoms in total. The average molecular weight is 208 g/mol. The summed E-state index contributed by atoms with van der Waals surface area (Å²) in [6, 6.07) is 0.534. The molecule has 1 aromatic heterocycles. The van der Waals surface area contributed by atoms with Gasteiger partial charge in [-0.25, -0.2) is 4.98 Å². The van der Waals surface area contributed by atoms with Gasteiger partial charge >= 0.3 is 0 Å². The number of nitrogens with zero attached hydrogens (tertiary/aromatic N) is 3. The van der Waals surface area contributed by atoms with Crippen LogP contribution in [0.5, 0.6) is 0 Å². The van der Waals surface area contributed by atoms with E-state index in [2.05, 4.69) is 14.7 Å². The van der Waals surface area contributed by atoms with Crippen molar-refractivity contribution in [2.75, 3.05) is 0 Å². The van der Waals surface area contributed by atoms with Crippen LogP contribution in [0.3, 0.4) is 0 Å². The molecular weight excluding hydrogens is 192 g/mol. The Bertz CT molecular complexity index is 352. The van der Waals surface area contributed by atoms with E-state index in [1.165, 1.54) is 32.1 Å². The largest absolute Gasteiger partial charge is 0.409 e. The van der Waals surface area contributed by atoms with E-state index >= 15 is 0 Å². The van der Waals surface area contributed by atoms with E-state index in [1.54, 1.807) is 6.33 Å². The maximum Gasteiger partial charge on any atom is 0.190 e. The minimum Gasteiger partial charge on any atom is -0.409 e. The quantitative estimate of drug-likeness (QED) is 0.334. The first kappa shape index (κ1) is 10.0. The molecule has 0 unspecified atom stereocenters. The third-order valence-corrected chi connectivity index (χ3v) is 2.97. The van der Waals surface area contributed by atoms with Gasteiger partial charge in [0.1, 0.15) is 5.69 Å². The maximum atomic E-state index is 8.52. The Hall–Kier alpha value is -1.52. The van der Waals surface area contributed by atoms with E-state index in [-0.39, 0.29) is 5.84 Å². The predicted molar refractivity (Wildman–Crippen MR) is 56.9 cm³/mol. The zero-order valence-electron chi connectivity index (χ0n) is 8.63. The molecule has 0 amide bonds. The van der Waals surface area contributed by atoms with E-state index in [4.69, 9.17) is 10.9 Å². The smallest absolute Gasteiger partial charge is 0.190 e. The molecule has 1 aromatic rings. The Kier molecular flexibility index (Phi) is 2.89. The number of oxime groups is 1. The molecule has 0 aromatic carbocycles. The lowest BCUT2D eigenvalue weighted by Crippen LogP contribution is -2.14. The zero-order chi connectivity index (χ0) is 10.7. The number of nitrogens with two attached hydrogens (primary N) is 1. The Balaban J connectivity index is 2.12. The minimum atomic E-state index is 0.0737. The van der Waals surface area contributed by atoms with Gasteiger partial charge in [-0.15, -0.1) is 0 Å². The Morgan fingerprint density at radius 3 is 2.87 bits per heavy atom. The van der Waals surface area contributed by atoms with Gasteiger partial charge in [-0.2, -0.15) is 0 Å². The van der Waals surface area contributed by atoms with Crippen molar-refractivity contribution in [1.29, 1.82) is 0 Å². The zero-order valence-corrected chi connectivity index (χ0v) is 8.63. The average Bonchev–Trinajstić information content (AvgIpc) is 2.78. The lowest BCUT2D eigenvalue weighted by molar-refractivity contribution is 0.318. The van der Waals surface area contributed by atoms with Crippen LogP contribution in [0.15, 0.2) is 17.7 Å². The van der Waals surface area contributed by atoms with Crippen LogP contribution in [0.2, 0.25) is 0 Å². The molecular formula is C10H16N4O. The topological polar surface area (TPSA) is 76.4 Å². The van der Waals surface area contributed by atoms with Gasteiger partial charge in [0, 0.05) is 12.2 Å². The second-order valence-corrected chi connectivity index (χ2v) is 3.98. The summed E-state index contributed by atoms with van der Waals surface area (Å²) < 4.78 is 2.08. The standard InChI is InChI=1S/C10H16N4O/c11-10(13-15)9-6-14(7-12-9)8-4-2-1-3-5-8/h6-8,15H,1-5H2,(H2,11,13). The number of imidazole rings is 1. The van der Waals surface area contributed by atoms with Gasteiger partial charge < -0.3 is 15.5 Å². The van der Waals surface area contributed by atoms with E-state index in [0.717, 1.165) is 0 Å². The number of hydrogen-bond acceptors (Lipinski definition) is 3. The highest BCUT2D eigenvalue weighted by Crippen LogP contribution is 2.27. The predicted octanol–water partition coefficient (Wildman–Crippen LogP) is 1.48. The van der Waals surface area contributed by atoms with Crippen LogP contribution in [0.1, 0.15) is 43.8 Å². The highest BCUT2D eigenvalue weighted by Gasteiger charge is 2.16. The van der Waals surface area contributed by atoms with Gasteiger partial charge in [-0.3, -0.25) is 0 Å². The summed E-state index contributed by atoms with van der Waals surface area (Å²) in [6.45, 7) is 0. The lowest BCUT2D eigenvalue weighted by Gasteiger charge is -2.22. The molecule has 15 heavy (non-hydrogen) atoms. The fourth-order valence-electron chi connectivity index (χ4n) is 2.10. The fourth-order valence-corrected chi connectivity index (χ4v) is 2.10. The van der Waals surface area contributed by atoms with Gasteiger partial charge in [0.25, 0.3) is 0 Å². The fraction of sp³-hybridized carbons (Fsp3) is 0.600. The SMILES string of the molecule is N/C(=N/O)c1cn(C2CCCCC2)cn1. The highest BCUT2D eigenvalue weighted by atomic mass is 16.4. The molecule has 82 valence electrons. The Morgan fingerprint density at radius 2 is 2.20 bits per heavy atom. The second-order valence-electron chi connectivity index (χ2n) is 3.98. The van der Waals surface area contributed by atoms with Crippen LogP contribution in [0, 0.1) is 0 Å².